The van der Waals surface area contributed by atoms with Crippen molar-refractivity contribution in [3.63, 3.8) is 0 Å². The molecule has 2 N–H and O–H groups in total. The molecule has 0 unspecified atom stereocenters. The van der Waals surface area contributed by atoms with E-state index in [2.05, 4.69) is 18.7 Å². The van der Waals surface area contributed by atoms with Gasteiger partial charge in [0, 0.05) is 17.7 Å². The summed E-state index contributed by atoms with van der Waals surface area (Å²) in [6.07, 6.45) is 2.27. The Kier molecular flexibility index (Phi) is 6.22. The van der Waals surface area contributed by atoms with Gasteiger partial charge < -0.3 is 5.73 Å². The lowest BCUT2D eigenvalue weighted by Gasteiger charge is -2.20. The van der Waals surface area contributed by atoms with Crippen LogP contribution in [0.15, 0.2) is 18.2 Å². The van der Waals surface area contributed by atoms with E-state index in [0.29, 0.717) is 17.1 Å². The summed E-state index contributed by atoms with van der Waals surface area (Å²) < 4.78 is 13.7. The standard InChI is InChI=1S/C14H21FN2S/c1-3-5-8-17(4-2)10-12-9-11(14(16)18)6-7-13(12)15/h6-7,9H,3-5,8,10H2,1-2H3,(H2,16,18). The topological polar surface area (TPSA) is 29.3 Å². The van der Waals surface area contributed by atoms with Gasteiger partial charge in [0.15, 0.2) is 0 Å². The molecule has 1 aromatic rings. The third kappa shape index (κ3) is 4.35. The predicted molar refractivity (Wildman–Crippen MR) is 78.1 cm³/mol. The first kappa shape index (κ1) is 15.1. The number of nitrogens with two attached hydrogens (primary N) is 1. The summed E-state index contributed by atoms with van der Waals surface area (Å²) in [6.45, 7) is 6.76. The molecule has 0 aliphatic carbocycles. The second-order valence-electron chi connectivity index (χ2n) is 4.39. The summed E-state index contributed by atoms with van der Waals surface area (Å²) in [4.78, 5) is 2.54. The molecule has 0 radical (unpaired) electrons. The van der Waals surface area contributed by atoms with E-state index in [9.17, 15) is 4.39 Å². The molecule has 1 rings (SSSR count). The minimum atomic E-state index is -0.190. The van der Waals surface area contributed by atoms with Crippen molar-refractivity contribution in [1.29, 1.82) is 0 Å². The monoisotopic (exact) mass is 268 g/mol. The highest BCUT2D eigenvalue weighted by atomic mass is 32.1. The molecule has 0 saturated heterocycles. The SMILES string of the molecule is CCCCN(CC)Cc1cc(C(N)=S)ccc1F. The van der Waals surface area contributed by atoms with E-state index in [1.807, 2.05) is 0 Å². The van der Waals surface area contributed by atoms with Gasteiger partial charge in [-0.1, -0.05) is 32.5 Å². The summed E-state index contributed by atoms with van der Waals surface area (Å²) in [5.41, 5.74) is 6.97. The Labute approximate surface area is 114 Å². The van der Waals surface area contributed by atoms with E-state index in [-0.39, 0.29) is 5.82 Å². The van der Waals surface area contributed by atoms with Crippen molar-refractivity contribution in [3.8, 4) is 0 Å². The molecule has 18 heavy (non-hydrogen) atoms. The Morgan fingerprint density at radius 1 is 1.39 bits per heavy atom. The summed E-state index contributed by atoms with van der Waals surface area (Å²) in [6, 6.07) is 4.83. The van der Waals surface area contributed by atoms with Gasteiger partial charge in [-0.05, 0) is 37.7 Å². The summed E-state index contributed by atoms with van der Waals surface area (Å²) in [7, 11) is 0. The highest BCUT2D eigenvalue weighted by Gasteiger charge is 2.09. The van der Waals surface area contributed by atoms with Gasteiger partial charge in [-0.3, -0.25) is 4.90 Å². The fraction of sp³-hybridized carbons (Fsp3) is 0.500. The van der Waals surface area contributed by atoms with Crippen molar-refractivity contribution >= 4 is 17.2 Å². The number of benzene rings is 1. The van der Waals surface area contributed by atoms with Gasteiger partial charge in [-0.15, -0.1) is 0 Å². The van der Waals surface area contributed by atoms with Crippen LogP contribution in [-0.2, 0) is 6.54 Å². The van der Waals surface area contributed by atoms with E-state index in [1.165, 1.54) is 6.07 Å². The second kappa shape index (κ2) is 7.44. The molecule has 100 valence electrons. The Hall–Kier alpha value is -1.00. The molecule has 0 aliphatic heterocycles. The Morgan fingerprint density at radius 2 is 2.11 bits per heavy atom. The number of nitrogens with zero attached hydrogens (tertiary/aromatic N) is 1. The van der Waals surface area contributed by atoms with Gasteiger partial charge in [0.1, 0.15) is 10.8 Å². The maximum absolute atomic E-state index is 13.7. The highest BCUT2D eigenvalue weighted by molar-refractivity contribution is 7.80. The van der Waals surface area contributed by atoms with Crippen LogP contribution in [0.3, 0.4) is 0 Å². The van der Waals surface area contributed by atoms with Gasteiger partial charge in [0.25, 0.3) is 0 Å². The van der Waals surface area contributed by atoms with Crippen LogP contribution in [0.1, 0.15) is 37.8 Å². The highest BCUT2D eigenvalue weighted by Crippen LogP contribution is 2.14. The van der Waals surface area contributed by atoms with Gasteiger partial charge in [-0.25, -0.2) is 4.39 Å². The first-order chi connectivity index (χ1) is 8.58. The normalized spacial score (nSPS) is 10.9. The lowest BCUT2D eigenvalue weighted by molar-refractivity contribution is 0.271. The number of halogens is 1. The third-order valence-corrected chi connectivity index (χ3v) is 3.23. The van der Waals surface area contributed by atoms with Crippen molar-refractivity contribution in [3.05, 3.63) is 35.1 Å². The van der Waals surface area contributed by atoms with E-state index in [0.717, 1.165) is 31.5 Å². The average molecular weight is 268 g/mol. The van der Waals surface area contributed by atoms with Crippen molar-refractivity contribution in [1.82, 2.24) is 4.90 Å². The van der Waals surface area contributed by atoms with Crippen molar-refractivity contribution in [2.45, 2.75) is 33.2 Å². The van der Waals surface area contributed by atoms with Crippen LogP contribution in [-0.4, -0.2) is 23.0 Å². The summed E-state index contributed by atoms with van der Waals surface area (Å²) >= 11 is 4.92. The van der Waals surface area contributed by atoms with Crippen LogP contribution >= 0.6 is 12.2 Å². The third-order valence-electron chi connectivity index (χ3n) is 3.00. The minimum Gasteiger partial charge on any atom is -0.389 e. The quantitative estimate of drug-likeness (QED) is 0.771. The van der Waals surface area contributed by atoms with Crippen LogP contribution in [0.5, 0.6) is 0 Å². The zero-order valence-electron chi connectivity index (χ0n) is 11.1. The molecule has 0 heterocycles. The summed E-state index contributed by atoms with van der Waals surface area (Å²) in [5, 5.41) is 0. The van der Waals surface area contributed by atoms with E-state index in [1.54, 1.807) is 12.1 Å². The number of thiocarbonyl (C=S) groups is 1. The first-order valence-electron chi connectivity index (χ1n) is 6.39. The van der Waals surface area contributed by atoms with Crippen LogP contribution in [0.4, 0.5) is 4.39 Å². The fourth-order valence-corrected chi connectivity index (χ4v) is 1.95. The van der Waals surface area contributed by atoms with Gasteiger partial charge in [0.05, 0.1) is 0 Å². The second-order valence-corrected chi connectivity index (χ2v) is 4.83. The molecule has 0 atom stereocenters. The molecule has 0 spiro atoms. The zero-order valence-corrected chi connectivity index (χ0v) is 11.9. The molecule has 1 aromatic carbocycles. The van der Waals surface area contributed by atoms with Crippen LogP contribution in [0.2, 0.25) is 0 Å². The van der Waals surface area contributed by atoms with E-state index >= 15 is 0 Å². The fourth-order valence-electron chi connectivity index (χ4n) is 1.82. The van der Waals surface area contributed by atoms with Crippen molar-refractivity contribution < 1.29 is 4.39 Å². The van der Waals surface area contributed by atoms with E-state index < -0.39 is 0 Å². The Bertz CT molecular complexity index is 407. The first-order valence-corrected chi connectivity index (χ1v) is 6.79. The van der Waals surface area contributed by atoms with Crippen LogP contribution in [0.25, 0.3) is 0 Å². The lowest BCUT2D eigenvalue weighted by Crippen LogP contribution is -2.24. The smallest absolute Gasteiger partial charge is 0.127 e. The number of unbranched alkanes of at least 4 members (excludes halogenated alkanes) is 1. The molecule has 4 heteroatoms. The number of rotatable bonds is 7. The lowest BCUT2D eigenvalue weighted by atomic mass is 10.1. The molecular formula is C14H21FN2S. The van der Waals surface area contributed by atoms with Crippen molar-refractivity contribution in [2.75, 3.05) is 13.1 Å². The maximum atomic E-state index is 13.7. The molecule has 0 fully saturated rings. The molecule has 0 amide bonds. The number of hydrogen-bond acceptors (Lipinski definition) is 2. The molecule has 0 aromatic heterocycles. The maximum Gasteiger partial charge on any atom is 0.127 e. The number of hydrogen-bond donors (Lipinski definition) is 1. The molecular weight excluding hydrogens is 247 g/mol. The average Bonchev–Trinajstić information content (AvgIpc) is 2.36. The van der Waals surface area contributed by atoms with Crippen LogP contribution in [0, 0.1) is 5.82 Å². The van der Waals surface area contributed by atoms with Crippen molar-refractivity contribution in [2.24, 2.45) is 5.73 Å². The molecule has 2 nitrogen and oxygen atoms in total. The minimum absolute atomic E-state index is 0.190. The van der Waals surface area contributed by atoms with E-state index in [4.69, 9.17) is 18.0 Å². The molecule has 0 saturated carbocycles. The van der Waals surface area contributed by atoms with Gasteiger partial charge in [-0.2, -0.15) is 0 Å². The Balaban J connectivity index is 2.80. The molecule has 0 bridgehead atoms. The predicted octanol–water partition coefficient (Wildman–Crippen LogP) is 3.08. The largest absolute Gasteiger partial charge is 0.389 e. The Morgan fingerprint density at radius 3 is 2.67 bits per heavy atom. The zero-order chi connectivity index (χ0) is 13.5. The summed E-state index contributed by atoms with van der Waals surface area (Å²) in [5.74, 6) is -0.190. The van der Waals surface area contributed by atoms with Gasteiger partial charge >= 0.3 is 0 Å². The van der Waals surface area contributed by atoms with Crippen LogP contribution < -0.4 is 5.73 Å². The molecule has 0 aliphatic rings. The van der Waals surface area contributed by atoms with Gasteiger partial charge in [0.2, 0.25) is 0 Å².